The van der Waals surface area contributed by atoms with E-state index in [4.69, 9.17) is 11.6 Å². The molecule has 1 rings (SSSR count). The summed E-state index contributed by atoms with van der Waals surface area (Å²) in [7, 11) is 1.38. The number of unbranched alkanes of at least 4 members (excludes halogenated alkanes) is 2. The molecule has 0 aliphatic heterocycles. The number of nitrogens with zero attached hydrogens (tertiary/aromatic N) is 1. The summed E-state index contributed by atoms with van der Waals surface area (Å²) in [5.41, 5.74) is 0.422. The van der Waals surface area contributed by atoms with Gasteiger partial charge in [-0.05, 0) is 18.9 Å². The molecule has 0 aliphatic carbocycles. The SMILES string of the molecule is COC(=O)CCCCCNC(=O)c1ccncc1Cl. The Bertz CT molecular complexity index is 438. The number of ether oxygens (including phenoxy) is 1. The fourth-order valence-electron chi connectivity index (χ4n) is 1.53. The van der Waals surface area contributed by atoms with Gasteiger partial charge in [0.2, 0.25) is 0 Å². The molecule has 0 saturated carbocycles. The van der Waals surface area contributed by atoms with Crippen LogP contribution in [0, 0.1) is 0 Å². The fourth-order valence-corrected chi connectivity index (χ4v) is 1.73. The van der Waals surface area contributed by atoms with Gasteiger partial charge in [-0.2, -0.15) is 0 Å². The number of esters is 1. The molecule has 6 heteroatoms. The molecule has 0 spiro atoms. The summed E-state index contributed by atoms with van der Waals surface area (Å²) in [5.74, 6) is -0.409. The van der Waals surface area contributed by atoms with Crippen LogP contribution in [0.1, 0.15) is 36.0 Å². The molecular weight excluding hydrogens is 268 g/mol. The van der Waals surface area contributed by atoms with Gasteiger partial charge in [0.05, 0.1) is 17.7 Å². The van der Waals surface area contributed by atoms with Crippen LogP contribution in [-0.2, 0) is 9.53 Å². The van der Waals surface area contributed by atoms with E-state index in [-0.39, 0.29) is 11.9 Å². The maximum absolute atomic E-state index is 11.8. The molecule has 0 radical (unpaired) electrons. The molecular formula is C13H17ClN2O3. The van der Waals surface area contributed by atoms with E-state index in [0.29, 0.717) is 23.6 Å². The van der Waals surface area contributed by atoms with Gasteiger partial charge in [0, 0.05) is 25.4 Å². The molecule has 1 aromatic rings. The lowest BCUT2D eigenvalue weighted by Gasteiger charge is -2.06. The van der Waals surface area contributed by atoms with Gasteiger partial charge in [0.25, 0.3) is 5.91 Å². The zero-order chi connectivity index (χ0) is 14.1. The van der Waals surface area contributed by atoms with E-state index < -0.39 is 0 Å². The van der Waals surface area contributed by atoms with Crippen LogP contribution in [0.3, 0.4) is 0 Å². The predicted molar refractivity (Wildman–Crippen MR) is 72.1 cm³/mol. The summed E-state index contributed by atoms with van der Waals surface area (Å²) in [5, 5.41) is 3.11. The van der Waals surface area contributed by atoms with Gasteiger partial charge in [-0.15, -0.1) is 0 Å². The number of nitrogens with one attached hydrogen (secondary N) is 1. The molecule has 1 aromatic heterocycles. The Morgan fingerprint density at radius 1 is 1.37 bits per heavy atom. The van der Waals surface area contributed by atoms with Crippen LogP contribution < -0.4 is 5.32 Å². The number of carbonyl (C=O) groups is 2. The lowest BCUT2D eigenvalue weighted by Crippen LogP contribution is -2.24. The Balaban J connectivity index is 2.18. The number of carbonyl (C=O) groups excluding carboxylic acids is 2. The van der Waals surface area contributed by atoms with Gasteiger partial charge >= 0.3 is 5.97 Å². The van der Waals surface area contributed by atoms with Crippen LogP contribution in [-0.4, -0.2) is 30.5 Å². The topological polar surface area (TPSA) is 68.3 Å². The second-order valence-corrected chi connectivity index (χ2v) is 4.41. The molecule has 0 atom stereocenters. The standard InChI is InChI=1S/C13H17ClN2O3/c1-19-12(17)5-3-2-4-7-16-13(18)10-6-8-15-9-11(10)14/h6,8-9H,2-5,7H2,1H3,(H,16,18). The van der Waals surface area contributed by atoms with Gasteiger partial charge in [-0.1, -0.05) is 18.0 Å². The summed E-state index contributed by atoms with van der Waals surface area (Å²) < 4.78 is 4.54. The van der Waals surface area contributed by atoms with Crippen molar-refractivity contribution in [1.29, 1.82) is 0 Å². The van der Waals surface area contributed by atoms with Crippen molar-refractivity contribution < 1.29 is 14.3 Å². The van der Waals surface area contributed by atoms with E-state index in [2.05, 4.69) is 15.0 Å². The zero-order valence-corrected chi connectivity index (χ0v) is 11.6. The maximum atomic E-state index is 11.8. The first kappa shape index (κ1) is 15.4. The number of hydrogen-bond donors (Lipinski definition) is 1. The van der Waals surface area contributed by atoms with Crippen LogP contribution in [0.5, 0.6) is 0 Å². The number of methoxy groups -OCH3 is 1. The Hall–Kier alpha value is -1.62. The highest BCUT2D eigenvalue weighted by Crippen LogP contribution is 2.12. The summed E-state index contributed by atoms with van der Waals surface area (Å²) >= 11 is 5.86. The van der Waals surface area contributed by atoms with Crippen molar-refractivity contribution in [2.45, 2.75) is 25.7 Å². The first-order valence-electron chi connectivity index (χ1n) is 6.09. The van der Waals surface area contributed by atoms with Crippen molar-refractivity contribution in [2.24, 2.45) is 0 Å². The molecule has 0 aromatic carbocycles. The molecule has 0 saturated heterocycles. The Labute approximate surface area is 117 Å². The summed E-state index contributed by atoms with van der Waals surface area (Å²) in [6.45, 7) is 0.554. The highest BCUT2D eigenvalue weighted by Gasteiger charge is 2.08. The van der Waals surface area contributed by atoms with E-state index in [0.717, 1.165) is 19.3 Å². The first-order valence-corrected chi connectivity index (χ1v) is 6.47. The Morgan fingerprint density at radius 2 is 2.16 bits per heavy atom. The number of hydrogen-bond acceptors (Lipinski definition) is 4. The Kier molecular flexibility index (Phi) is 6.89. The molecule has 1 N–H and O–H groups in total. The number of amides is 1. The third-order valence-electron chi connectivity index (χ3n) is 2.59. The average molecular weight is 285 g/mol. The lowest BCUT2D eigenvalue weighted by atomic mass is 10.2. The van der Waals surface area contributed by atoms with E-state index in [9.17, 15) is 9.59 Å². The summed E-state index contributed by atoms with van der Waals surface area (Å²) in [6.07, 6.45) is 5.81. The lowest BCUT2D eigenvalue weighted by molar-refractivity contribution is -0.140. The van der Waals surface area contributed by atoms with E-state index in [1.165, 1.54) is 19.5 Å². The maximum Gasteiger partial charge on any atom is 0.305 e. The largest absolute Gasteiger partial charge is 0.469 e. The molecule has 0 bridgehead atoms. The third kappa shape index (κ3) is 5.70. The van der Waals surface area contributed by atoms with Crippen molar-refractivity contribution in [3.05, 3.63) is 29.0 Å². The molecule has 0 aliphatic rings. The van der Waals surface area contributed by atoms with Crippen molar-refractivity contribution in [3.63, 3.8) is 0 Å². The van der Waals surface area contributed by atoms with Gasteiger partial charge in [0.15, 0.2) is 0 Å². The minimum absolute atomic E-state index is 0.201. The van der Waals surface area contributed by atoms with Crippen LogP contribution >= 0.6 is 11.6 Å². The molecule has 104 valence electrons. The van der Waals surface area contributed by atoms with E-state index in [1.807, 2.05) is 0 Å². The minimum Gasteiger partial charge on any atom is -0.469 e. The predicted octanol–water partition coefficient (Wildman–Crippen LogP) is 2.20. The van der Waals surface area contributed by atoms with Crippen LogP contribution in [0.4, 0.5) is 0 Å². The highest BCUT2D eigenvalue weighted by atomic mass is 35.5. The first-order chi connectivity index (χ1) is 9.15. The second kappa shape index (κ2) is 8.48. The van der Waals surface area contributed by atoms with E-state index in [1.54, 1.807) is 6.07 Å². The normalized spacial score (nSPS) is 10.0. The molecule has 0 fully saturated rings. The molecule has 5 nitrogen and oxygen atoms in total. The van der Waals surface area contributed by atoms with Gasteiger partial charge in [0.1, 0.15) is 0 Å². The third-order valence-corrected chi connectivity index (χ3v) is 2.89. The molecule has 1 heterocycles. The van der Waals surface area contributed by atoms with Crippen LogP contribution in [0.25, 0.3) is 0 Å². The Morgan fingerprint density at radius 3 is 2.84 bits per heavy atom. The monoisotopic (exact) mass is 284 g/mol. The number of aromatic nitrogens is 1. The summed E-state index contributed by atoms with van der Waals surface area (Å²) in [6, 6.07) is 1.58. The van der Waals surface area contributed by atoms with Gasteiger partial charge in [-0.25, -0.2) is 0 Å². The number of halogens is 1. The second-order valence-electron chi connectivity index (χ2n) is 4.00. The van der Waals surface area contributed by atoms with Crippen LogP contribution in [0.15, 0.2) is 18.5 Å². The van der Waals surface area contributed by atoms with Crippen molar-refractivity contribution >= 4 is 23.5 Å². The van der Waals surface area contributed by atoms with Crippen LogP contribution in [0.2, 0.25) is 5.02 Å². The molecule has 1 amide bonds. The molecule has 19 heavy (non-hydrogen) atoms. The van der Waals surface area contributed by atoms with Gasteiger partial charge < -0.3 is 10.1 Å². The van der Waals surface area contributed by atoms with Crippen molar-refractivity contribution in [3.8, 4) is 0 Å². The number of pyridine rings is 1. The quantitative estimate of drug-likeness (QED) is 0.616. The minimum atomic E-state index is -0.208. The fraction of sp³-hybridized carbons (Fsp3) is 0.462. The average Bonchev–Trinajstić information content (AvgIpc) is 2.42. The summed E-state index contributed by atoms with van der Waals surface area (Å²) in [4.78, 5) is 26.4. The smallest absolute Gasteiger partial charge is 0.305 e. The highest BCUT2D eigenvalue weighted by molar-refractivity contribution is 6.33. The van der Waals surface area contributed by atoms with Crippen molar-refractivity contribution in [2.75, 3.05) is 13.7 Å². The van der Waals surface area contributed by atoms with Crippen molar-refractivity contribution in [1.82, 2.24) is 10.3 Å². The van der Waals surface area contributed by atoms with E-state index >= 15 is 0 Å². The number of rotatable bonds is 7. The van der Waals surface area contributed by atoms with Gasteiger partial charge in [-0.3, -0.25) is 14.6 Å². The molecule has 0 unspecified atom stereocenters. The zero-order valence-electron chi connectivity index (χ0n) is 10.8.